The first-order valence-corrected chi connectivity index (χ1v) is 24.6. The first-order chi connectivity index (χ1) is 33.3. The smallest absolute Gasteiger partial charge is 0.0735 e. The van der Waals surface area contributed by atoms with Gasteiger partial charge in [0, 0.05) is 57.2 Å². The highest BCUT2D eigenvalue weighted by molar-refractivity contribution is 7.99. The van der Waals surface area contributed by atoms with Crippen LogP contribution in [0.5, 0.6) is 0 Å². The van der Waals surface area contributed by atoms with Gasteiger partial charge in [-0.1, -0.05) is 176 Å². The van der Waals surface area contributed by atoms with Crippen LogP contribution in [0.15, 0.2) is 240 Å². The fourth-order valence-corrected chi connectivity index (χ4v) is 14.3. The van der Waals surface area contributed by atoms with E-state index in [9.17, 15) is 0 Å². The van der Waals surface area contributed by atoms with Gasteiger partial charge in [-0.25, -0.2) is 0 Å². The average Bonchev–Trinajstić information content (AvgIpc) is 3.94. The van der Waals surface area contributed by atoms with Gasteiger partial charge in [-0.15, -0.1) is 11.3 Å². The van der Waals surface area contributed by atoms with Crippen LogP contribution in [0.1, 0.15) is 22.3 Å². The topological polar surface area (TPSA) is 8.17 Å². The summed E-state index contributed by atoms with van der Waals surface area (Å²) >= 11 is 3.76. The molecular formula is C63H38N2S2. The number of aromatic nitrogens is 1. The highest BCUT2D eigenvalue weighted by Crippen LogP contribution is 2.62. The Morgan fingerprint density at radius 3 is 1.85 bits per heavy atom. The molecule has 312 valence electrons. The number of hydrogen-bond donors (Lipinski definition) is 0. The lowest BCUT2D eigenvalue weighted by Crippen LogP contribution is -2.36. The van der Waals surface area contributed by atoms with Crippen molar-refractivity contribution in [3.05, 3.63) is 253 Å². The predicted molar refractivity (Wildman–Crippen MR) is 285 cm³/mol. The molecule has 67 heavy (non-hydrogen) atoms. The molecule has 15 rings (SSSR count). The summed E-state index contributed by atoms with van der Waals surface area (Å²) in [6.07, 6.45) is 0. The first-order valence-electron chi connectivity index (χ1n) is 23.0. The van der Waals surface area contributed by atoms with Crippen molar-refractivity contribution in [2.24, 2.45) is 0 Å². The lowest BCUT2D eigenvalue weighted by atomic mass is 9.59. The van der Waals surface area contributed by atoms with Crippen molar-refractivity contribution in [1.82, 2.24) is 4.57 Å². The van der Waals surface area contributed by atoms with E-state index in [1.54, 1.807) is 0 Å². The Morgan fingerprint density at radius 2 is 0.985 bits per heavy atom. The molecule has 0 unspecified atom stereocenters. The summed E-state index contributed by atoms with van der Waals surface area (Å²) in [5, 5.41) is 10.00. The molecule has 1 aliphatic heterocycles. The van der Waals surface area contributed by atoms with Gasteiger partial charge in [0.15, 0.2) is 0 Å². The number of para-hydroxylation sites is 1. The van der Waals surface area contributed by atoms with E-state index in [0.29, 0.717) is 0 Å². The Kier molecular flexibility index (Phi) is 7.84. The molecule has 0 N–H and O–H groups in total. The van der Waals surface area contributed by atoms with Crippen molar-refractivity contribution in [2.45, 2.75) is 15.2 Å². The summed E-state index contributed by atoms with van der Waals surface area (Å²) in [6, 6.07) is 86.5. The van der Waals surface area contributed by atoms with Crippen molar-refractivity contribution in [2.75, 3.05) is 4.90 Å². The Balaban J connectivity index is 1.03. The first kappa shape index (κ1) is 37.3. The maximum Gasteiger partial charge on any atom is 0.0735 e. The second kappa shape index (κ2) is 14.1. The summed E-state index contributed by atoms with van der Waals surface area (Å²) < 4.78 is 5.11. The van der Waals surface area contributed by atoms with Crippen LogP contribution in [0.25, 0.3) is 80.3 Å². The van der Waals surface area contributed by atoms with Crippen molar-refractivity contribution in [3.8, 4) is 16.8 Å². The van der Waals surface area contributed by atoms with Crippen LogP contribution in [0.2, 0.25) is 0 Å². The summed E-state index contributed by atoms with van der Waals surface area (Å²) in [6.45, 7) is 0. The molecule has 1 aliphatic carbocycles. The van der Waals surface area contributed by atoms with Crippen LogP contribution in [0, 0.1) is 0 Å². The van der Waals surface area contributed by atoms with Gasteiger partial charge in [0.25, 0.3) is 0 Å². The number of rotatable bonds is 4. The lowest BCUT2D eigenvalue weighted by molar-refractivity contribution is 0.707. The van der Waals surface area contributed by atoms with Gasteiger partial charge < -0.3 is 9.47 Å². The number of benzene rings is 11. The maximum atomic E-state index is 2.54. The van der Waals surface area contributed by atoms with Gasteiger partial charge in [-0.2, -0.15) is 0 Å². The largest absolute Gasteiger partial charge is 0.309 e. The van der Waals surface area contributed by atoms with Crippen LogP contribution < -0.4 is 4.90 Å². The third-order valence-corrected chi connectivity index (χ3v) is 16.9. The Morgan fingerprint density at radius 1 is 0.373 bits per heavy atom. The molecular weight excluding hydrogens is 849 g/mol. The van der Waals surface area contributed by atoms with E-state index in [1.165, 1.54) is 112 Å². The van der Waals surface area contributed by atoms with E-state index >= 15 is 0 Å². The molecule has 0 saturated carbocycles. The van der Waals surface area contributed by atoms with E-state index in [0.717, 1.165) is 17.1 Å². The zero-order valence-corrected chi connectivity index (χ0v) is 37.8. The van der Waals surface area contributed by atoms with Crippen molar-refractivity contribution >= 4 is 104 Å². The monoisotopic (exact) mass is 886 g/mol. The fourth-order valence-electron chi connectivity index (χ4n) is 12.0. The van der Waals surface area contributed by atoms with E-state index < -0.39 is 5.41 Å². The Bertz CT molecular complexity index is 4180. The molecule has 0 bridgehead atoms. The van der Waals surface area contributed by atoms with Crippen LogP contribution >= 0.6 is 23.1 Å². The zero-order valence-electron chi connectivity index (χ0n) is 36.2. The summed E-state index contributed by atoms with van der Waals surface area (Å²) in [4.78, 5) is 5.15. The van der Waals surface area contributed by atoms with Gasteiger partial charge in [-0.05, 0) is 111 Å². The third-order valence-electron chi connectivity index (χ3n) is 14.6. The molecule has 1 spiro atoms. The highest BCUT2D eigenvalue weighted by atomic mass is 32.2. The summed E-state index contributed by atoms with van der Waals surface area (Å²) in [5.41, 5.74) is 14.4. The molecule has 2 aromatic heterocycles. The quantitative estimate of drug-likeness (QED) is 0.174. The van der Waals surface area contributed by atoms with Crippen LogP contribution in [-0.4, -0.2) is 4.57 Å². The van der Waals surface area contributed by atoms with Crippen LogP contribution in [-0.2, 0) is 5.41 Å². The van der Waals surface area contributed by atoms with E-state index in [4.69, 9.17) is 0 Å². The standard InChI is InChI=1S/C63H38N2S2/c1-2-18-41-39(16-1)17-13-28-52(41)64(40-34-36-55-47(38-40)43-20-4-9-27-53(43)65(55)56-29-15-33-60-62(56)46-21-5-10-30-57(46)66-60)54-37-35-44-42-19-3-6-23-48(42)63(51-26-14-22-45(54)61(44)51)49-24-7-11-31-58(49)67-59-32-12-8-25-50(59)63/h1-38H. The molecule has 4 heteroatoms. The predicted octanol–water partition coefficient (Wildman–Crippen LogP) is 17.8. The zero-order chi connectivity index (χ0) is 43.8. The summed E-state index contributed by atoms with van der Waals surface area (Å²) in [7, 11) is 0. The molecule has 0 atom stereocenters. The second-order valence-corrected chi connectivity index (χ2v) is 20.1. The maximum absolute atomic E-state index is 2.54. The molecule has 2 aliphatic rings. The van der Waals surface area contributed by atoms with Crippen LogP contribution in [0.3, 0.4) is 0 Å². The van der Waals surface area contributed by atoms with Crippen molar-refractivity contribution < 1.29 is 0 Å². The molecule has 0 saturated heterocycles. The van der Waals surface area contributed by atoms with Crippen molar-refractivity contribution in [1.29, 1.82) is 0 Å². The second-order valence-electron chi connectivity index (χ2n) is 17.9. The number of anilines is 3. The minimum Gasteiger partial charge on any atom is -0.309 e. The number of thiophene rings is 1. The van der Waals surface area contributed by atoms with Crippen molar-refractivity contribution in [3.63, 3.8) is 0 Å². The fraction of sp³-hybridized carbons (Fsp3) is 0.0159. The van der Waals surface area contributed by atoms with E-state index in [-0.39, 0.29) is 0 Å². The molecule has 0 radical (unpaired) electrons. The number of hydrogen-bond acceptors (Lipinski definition) is 3. The minimum absolute atomic E-state index is 0.512. The van der Waals surface area contributed by atoms with E-state index in [2.05, 4.69) is 240 Å². The number of fused-ring (bicyclic) bond motifs is 15. The molecule has 11 aromatic carbocycles. The van der Waals surface area contributed by atoms with Crippen LogP contribution in [0.4, 0.5) is 17.1 Å². The van der Waals surface area contributed by atoms with Gasteiger partial charge in [-0.3, -0.25) is 0 Å². The molecule has 3 heterocycles. The molecule has 13 aromatic rings. The molecule has 2 nitrogen and oxygen atoms in total. The van der Waals surface area contributed by atoms with Gasteiger partial charge in [0.2, 0.25) is 0 Å². The SMILES string of the molecule is c1ccc2c(c1)Sc1ccccc1C21c2ccccc2-c2ccc(N(c3ccc4c(c3)c3ccccc3n4-c3cccc4sc5ccccc5c34)c3cccc4ccccc34)c3cccc1c23. The number of nitrogens with zero attached hydrogens (tertiary/aromatic N) is 2. The average molecular weight is 887 g/mol. The van der Waals surface area contributed by atoms with Gasteiger partial charge >= 0.3 is 0 Å². The van der Waals surface area contributed by atoms with Gasteiger partial charge in [0.05, 0.1) is 33.5 Å². The Labute approximate surface area is 395 Å². The normalized spacial score (nSPS) is 13.4. The highest BCUT2D eigenvalue weighted by Gasteiger charge is 2.48. The molecule has 0 amide bonds. The minimum atomic E-state index is -0.512. The summed E-state index contributed by atoms with van der Waals surface area (Å²) in [5.74, 6) is 0. The van der Waals surface area contributed by atoms with E-state index in [1.807, 2.05) is 23.1 Å². The van der Waals surface area contributed by atoms with Gasteiger partial charge in [0.1, 0.15) is 0 Å². The third kappa shape index (κ3) is 5.06. The lowest BCUT2D eigenvalue weighted by Gasteiger charge is -2.46. The molecule has 0 fully saturated rings. The Hall–Kier alpha value is -7.89.